The van der Waals surface area contributed by atoms with Gasteiger partial charge in [-0.15, -0.1) is 0 Å². The largest absolute Gasteiger partial charge is 0.453 e. The highest BCUT2D eigenvalue weighted by atomic mass is 16.5. The molecule has 0 fully saturated rings. The minimum absolute atomic E-state index is 0.192. The SMILES string of the molecule is CC(C)(C)C1OC(=O)c2cc3ccccc3c(-c3cccc4ccccc34)c21. The summed E-state index contributed by atoms with van der Waals surface area (Å²) in [6.45, 7) is 6.38. The van der Waals surface area contributed by atoms with Crippen molar-refractivity contribution < 1.29 is 9.53 Å². The van der Waals surface area contributed by atoms with Crippen LogP contribution in [0.2, 0.25) is 0 Å². The van der Waals surface area contributed by atoms with Crippen molar-refractivity contribution in [1.82, 2.24) is 0 Å². The van der Waals surface area contributed by atoms with Gasteiger partial charge >= 0.3 is 5.97 Å². The van der Waals surface area contributed by atoms with E-state index in [0.717, 1.165) is 27.5 Å². The summed E-state index contributed by atoms with van der Waals surface area (Å²) in [6.07, 6.45) is -0.270. The number of hydrogen-bond donors (Lipinski definition) is 0. The van der Waals surface area contributed by atoms with Gasteiger partial charge in [0.25, 0.3) is 0 Å². The summed E-state index contributed by atoms with van der Waals surface area (Å²) in [5.74, 6) is -0.220. The molecule has 1 atom stereocenters. The van der Waals surface area contributed by atoms with Crippen LogP contribution in [-0.4, -0.2) is 5.97 Å². The Bertz CT molecular complexity index is 1240. The van der Waals surface area contributed by atoms with E-state index in [1.54, 1.807) is 0 Å². The highest BCUT2D eigenvalue weighted by Crippen LogP contribution is 2.50. The number of hydrogen-bond acceptors (Lipinski definition) is 2. The van der Waals surface area contributed by atoms with E-state index in [1.807, 2.05) is 12.1 Å². The van der Waals surface area contributed by atoms with Gasteiger partial charge in [0.2, 0.25) is 0 Å². The van der Waals surface area contributed by atoms with Crippen LogP contribution in [0.1, 0.15) is 42.8 Å². The summed E-state index contributed by atoms with van der Waals surface area (Å²) in [5, 5.41) is 4.61. The molecule has 0 spiro atoms. The van der Waals surface area contributed by atoms with Gasteiger partial charge in [0.1, 0.15) is 6.10 Å². The Morgan fingerprint density at radius 1 is 0.750 bits per heavy atom. The molecule has 0 saturated carbocycles. The molecule has 1 aliphatic rings. The summed E-state index contributed by atoms with van der Waals surface area (Å²) >= 11 is 0. The second-order valence-corrected chi connectivity index (χ2v) is 8.61. The Balaban J connectivity index is 1.97. The number of esters is 1. The van der Waals surface area contributed by atoms with E-state index in [9.17, 15) is 4.79 Å². The lowest BCUT2D eigenvalue weighted by Crippen LogP contribution is -2.18. The van der Waals surface area contributed by atoms with Gasteiger partial charge in [-0.3, -0.25) is 0 Å². The zero-order chi connectivity index (χ0) is 19.5. The van der Waals surface area contributed by atoms with Gasteiger partial charge in [-0.05, 0) is 38.7 Å². The van der Waals surface area contributed by atoms with Gasteiger partial charge in [-0.2, -0.15) is 0 Å². The summed E-state index contributed by atoms with van der Waals surface area (Å²) in [5.41, 5.74) is 3.80. The van der Waals surface area contributed by atoms with Gasteiger partial charge in [0.05, 0.1) is 5.56 Å². The number of ether oxygens (including phenoxy) is 1. The Labute approximate surface area is 164 Å². The van der Waals surface area contributed by atoms with Crippen molar-refractivity contribution >= 4 is 27.5 Å². The predicted molar refractivity (Wildman–Crippen MR) is 115 cm³/mol. The minimum Gasteiger partial charge on any atom is -0.453 e. The number of rotatable bonds is 1. The molecule has 0 bridgehead atoms. The first-order valence-electron chi connectivity index (χ1n) is 9.70. The molecule has 1 unspecified atom stereocenters. The first-order valence-corrected chi connectivity index (χ1v) is 9.70. The van der Waals surface area contributed by atoms with Crippen LogP contribution >= 0.6 is 0 Å². The second kappa shape index (κ2) is 5.93. The molecular weight excluding hydrogens is 344 g/mol. The van der Waals surface area contributed by atoms with E-state index < -0.39 is 0 Å². The molecule has 138 valence electrons. The Morgan fingerprint density at radius 3 is 2.14 bits per heavy atom. The lowest BCUT2D eigenvalue weighted by Gasteiger charge is -2.28. The standard InChI is InChI=1S/C26H22O2/c1-26(2,3)24-23-21(25(27)28-24)15-17-10-5-7-13-19(17)22(23)20-14-8-11-16-9-4-6-12-18(16)20/h4-15,24H,1-3H3. The third kappa shape index (κ3) is 2.45. The van der Waals surface area contributed by atoms with Gasteiger partial charge in [0.15, 0.2) is 0 Å². The maximum Gasteiger partial charge on any atom is 0.339 e. The van der Waals surface area contributed by atoms with Crippen molar-refractivity contribution in [3.05, 3.63) is 83.9 Å². The van der Waals surface area contributed by atoms with Crippen LogP contribution in [0.4, 0.5) is 0 Å². The smallest absolute Gasteiger partial charge is 0.339 e. The number of fused-ring (bicyclic) bond motifs is 3. The van der Waals surface area contributed by atoms with Gasteiger partial charge < -0.3 is 4.74 Å². The van der Waals surface area contributed by atoms with E-state index in [1.165, 1.54) is 10.8 Å². The molecule has 0 saturated heterocycles. The molecular formula is C26H22O2. The average Bonchev–Trinajstić information content (AvgIpc) is 3.03. The summed E-state index contributed by atoms with van der Waals surface area (Å²) in [6, 6.07) is 25.1. The van der Waals surface area contributed by atoms with Crippen LogP contribution in [0, 0.1) is 5.41 Å². The van der Waals surface area contributed by atoms with E-state index in [4.69, 9.17) is 4.74 Å². The molecule has 0 amide bonds. The topological polar surface area (TPSA) is 26.3 Å². The van der Waals surface area contributed by atoms with Crippen molar-refractivity contribution in [1.29, 1.82) is 0 Å². The van der Waals surface area contributed by atoms with E-state index in [2.05, 4.69) is 81.4 Å². The van der Waals surface area contributed by atoms with Gasteiger partial charge in [-0.1, -0.05) is 87.5 Å². The van der Waals surface area contributed by atoms with Crippen LogP contribution in [0.3, 0.4) is 0 Å². The molecule has 0 N–H and O–H groups in total. The molecule has 4 aromatic rings. The second-order valence-electron chi connectivity index (χ2n) is 8.61. The molecule has 2 nitrogen and oxygen atoms in total. The molecule has 1 aliphatic heterocycles. The molecule has 2 heteroatoms. The van der Waals surface area contributed by atoms with Crippen molar-refractivity contribution in [2.75, 3.05) is 0 Å². The van der Waals surface area contributed by atoms with Crippen molar-refractivity contribution in [3.8, 4) is 11.1 Å². The lowest BCUT2D eigenvalue weighted by atomic mass is 9.79. The molecule has 0 radical (unpaired) electrons. The fourth-order valence-electron chi connectivity index (χ4n) is 4.38. The van der Waals surface area contributed by atoms with Crippen LogP contribution in [0.5, 0.6) is 0 Å². The van der Waals surface area contributed by atoms with E-state index >= 15 is 0 Å². The van der Waals surface area contributed by atoms with Gasteiger partial charge in [-0.25, -0.2) is 4.79 Å². The number of carbonyl (C=O) groups is 1. The molecule has 5 rings (SSSR count). The highest BCUT2D eigenvalue weighted by Gasteiger charge is 2.41. The third-order valence-corrected chi connectivity index (χ3v) is 5.64. The van der Waals surface area contributed by atoms with Crippen LogP contribution in [0.25, 0.3) is 32.7 Å². The van der Waals surface area contributed by atoms with E-state index in [0.29, 0.717) is 5.56 Å². The molecule has 28 heavy (non-hydrogen) atoms. The maximum atomic E-state index is 12.8. The highest BCUT2D eigenvalue weighted by molar-refractivity contribution is 6.11. The maximum absolute atomic E-state index is 12.8. The third-order valence-electron chi connectivity index (χ3n) is 5.64. The number of benzene rings is 4. The van der Waals surface area contributed by atoms with Crippen molar-refractivity contribution in [2.24, 2.45) is 5.41 Å². The van der Waals surface area contributed by atoms with Crippen LogP contribution in [0.15, 0.2) is 72.8 Å². The van der Waals surface area contributed by atoms with Crippen LogP contribution in [-0.2, 0) is 4.74 Å². The predicted octanol–water partition coefficient (Wildman–Crippen LogP) is 6.92. The number of carbonyl (C=O) groups excluding carboxylic acids is 1. The summed E-state index contributed by atoms with van der Waals surface area (Å²) in [4.78, 5) is 12.8. The fraction of sp³-hybridized carbons (Fsp3) is 0.192. The quantitative estimate of drug-likeness (QED) is 0.342. The summed E-state index contributed by atoms with van der Waals surface area (Å²) < 4.78 is 5.90. The Kier molecular flexibility index (Phi) is 3.60. The normalized spacial score (nSPS) is 16.4. The van der Waals surface area contributed by atoms with Crippen LogP contribution < -0.4 is 0 Å². The first kappa shape index (κ1) is 17.0. The molecule has 0 aromatic heterocycles. The zero-order valence-corrected chi connectivity index (χ0v) is 16.3. The zero-order valence-electron chi connectivity index (χ0n) is 16.3. The van der Waals surface area contributed by atoms with Gasteiger partial charge in [0, 0.05) is 11.0 Å². The summed E-state index contributed by atoms with van der Waals surface area (Å²) in [7, 11) is 0. The molecule has 1 heterocycles. The first-order chi connectivity index (χ1) is 13.4. The average molecular weight is 366 g/mol. The lowest BCUT2D eigenvalue weighted by molar-refractivity contribution is 0.00795. The monoisotopic (exact) mass is 366 g/mol. The molecule has 0 aliphatic carbocycles. The Hall–Kier alpha value is -3.13. The minimum atomic E-state index is -0.270. The molecule has 4 aromatic carbocycles. The van der Waals surface area contributed by atoms with Crippen molar-refractivity contribution in [3.63, 3.8) is 0 Å². The fourth-order valence-corrected chi connectivity index (χ4v) is 4.38. The number of cyclic esters (lactones) is 1. The Morgan fingerprint density at radius 2 is 1.39 bits per heavy atom. The van der Waals surface area contributed by atoms with Crippen molar-refractivity contribution in [2.45, 2.75) is 26.9 Å². The van der Waals surface area contributed by atoms with E-state index in [-0.39, 0.29) is 17.5 Å².